The zero-order valence-corrected chi connectivity index (χ0v) is 15.4. The third kappa shape index (κ3) is 3.25. The minimum absolute atomic E-state index is 0.0388. The number of urea groups is 1. The van der Waals surface area contributed by atoms with Gasteiger partial charge in [-0.15, -0.1) is 11.8 Å². The fourth-order valence-corrected chi connectivity index (χ4v) is 3.19. The SMILES string of the molecule is CCOc1ccc(N2C(=O)N(c3ccc(SC)cc3)C(=O)C2=S)cc1. The van der Waals surface area contributed by atoms with Crippen LogP contribution in [0.2, 0.25) is 0 Å². The van der Waals surface area contributed by atoms with E-state index in [9.17, 15) is 9.59 Å². The molecular weight excluding hydrogens is 356 g/mol. The lowest BCUT2D eigenvalue weighted by molar-refractivity contribution is -0.111. The third-order valence-corrected chi connectivity index (χ3v) is 4.81. The van der Waals surface area contributed by atoms with Gasteiger partial charge in [-0.25, -0.2) is 14.6 Å². The Morgan fingerprint density at radius 3 is 2.08 bits per heavy atom. The van der Waals surface area contributed by atoms with E-state index in [4.69, 9.17) is 17.0 Å². The number of anilines is 2. The fourth-order valence-electron chi connectivity index (χ4n) is 2.51. The molecule has 0 unspecified atom stereocenters. The van der Waals surface area contributed by atoms with Crippen LogP contribution in [0.4, 0.5) is 16.2 Å². The smallest absolute Gasteiger partial charge is 0.341 e. The second-order valence-electron chi connectivity index (χ2n) is 5.19. The van der Waals surface area contributed by atoms with Gasteiger partial charge in [0, 0.05) is 4.90 Å². The first-order valence-corrected chi connectivity index (χ1v) is 9.29. The molecule has 0 spiro atoms. The zero-order valence-electron chi connectivity index (χ0n) is 13.8. The Morgan fingerprint density at radius 2 is 1.52 bits per heavy atom. The van der Waals surface area contributed by atoms with Crippen molar-refractivity contribution in [2.24, 2.45) is 0 Å². The summed E-state index contributed by atoms with van der Waals surface area (Å²) in [7, 11) is 0. The van der Waals surface area contributed by atoms with Crippen LogP contribution in [0.5, 0.6) is 5.75 Å². The first-order chi connectivity index (χ1) is 12.1. The van der Waals surface area contributed by atoms with Gasteiger partial charge < -0.3 is 4.74 Å². The molecule has 0 atom stereocenters. The summed E-state index contributed by atoms with van der Waals surface area (Å²) >= 11 is 6.80. The van der Waals surface area contributed by atoms with E-state index < -0.39 is 11.9 Å². The van der Waals surface area contributed by atoms with Crippen molar-refractivity contribution in [2.45, 2.75) is 11.8 Å². The van der Waals surface area contributed by atoms with Crippen LogP contribution in [-0.2, 0) is 4.79 Å². The second kappa shape index (κ2) is 7.25. The van der Waals surface area contributed by atoms with E-state index >= 15 is 0 Å². The van der Waals surface area contributed by atoms with Crippen LogP contribution in [0.15, 0.2) is 53.4 Å². The molecule has 5 nitrogen and oxygen atoms in total. The van der Waals surface area contributed by atoms with E-state index in [1.807, 2.05) is 25.3 Å². The van der Waals surface area contributed by atoms with E-state index in [2.05, 4.69) is 0 Å². The molecule has 3 rings (SSSR count). The number of amides is 3. The lowest BCUT2D eigenvalue weighted by atomic mass is 10.3. The molecule has 25 heavy (non-hydrogen) atoms. The summed E-state index contributed by atoms with van der Waals surface area (Å²) in [5, 5.41) is 0. The van der Waals surface area contributed by atoms with E-state index in [0.29, 0.717) is 23.7 Å². The van der Waals surface area contributed by atoms with Crippen molar-refractivity contribution in [3.63, 3.8) is 0 Å². The molecule has 0 saturated carbocycles. The maximum atomic E-state index is 12.8. The second-order valence-corrected chi connectivity index (χ2v) is 6.45. The summed E-state index contributed by atoms with van der Waals surface area (Å²) in [6, 6.07) is 13.6. The lowest BCUT2D eigenvalue weighted by Gasteiger charge is -2.17. The van der Waals surface area contributed by atoms with Crippen molar-refractivity contribution in [3.8, 4) is 5.75 Å². The number of hydrogen-bond acceptors (Lipinski definition) is 5. The largest absolute Gasteiger partial charge is 0.494 e. The Kier molecular flexibility index (Phi) is 5.06. The highest BCUT2D eigenvalue weighted by Gasteiger charge is 2.43. The van der Waals surface area contributed by atoms with Gasteiger partial charge in [-0.1, -0.05) is 12.2 Å². The Bertz CT molecular complexity index is 819. The lowest BCUT2D eigenvalue weighted by Crippen LogP contribution is -2.33. The zero-order chi connectivity index (χ0) is 18.0. The van der Waals surface area contributed by atoms with Gasteiger partial charge in [-0.2, -0.15) is 0 Å². The fraction of sp³-hybridized carbons (Fsp3) is 0.167. The number of thioether (sulfide) groups is 1. The molecule has 0 N–H and O–H groups in total. The van der Waals surface area contributed by atoms with E-state index in [1.165, 1.54) is 4.90 Å². The number of ether oxygens (including phenoxy) is 1. The third-order valence-electron chi connectivity index (χ3n) is 3.71. The summed E-state index contributed by atoms with van der Waals surface area (Å²) in [6.07, 6.45) is 1.96. The molecule has 2 aromatic carbocycles. The van der Waals surface area contributed by atoms with Gasteiger partial charge in [-0.05, 0) is 61.7 Å². The molecule has 1 saturated heterocycles. The Hall–Kier alpha value is -2.38. The van der Waals surface area contributed by atoms with E-state index in [1.54, 1.807) is 48.2 Å². The summed E-state index contributed by atoms with van der Waals surface area (Å²) in [4.78, 5) is 28.7. The predicted octanol–water partition coefficient (Wildman–Crippen LogP) is 4.11. The van der Waals surface area contributed by atoms with Gasteiger partial charge in [0.2, 0.25) is 0 Å². The first kappa shape index (κ1) is 17.4. The van der Waals surface area contributed by atoms with Crippen LogP contribution in [0.1, 0.15) is 6.92 Å². The van der Waals surface area contributed by atoms with Gasteiger partial charge in [-0.3, -0.25) is 4.79 Å². The summed E-state index contributed by atoms with van der Waals surface area (Å²) in [5.74, 6) is 0.199. The summed E-state index contributed by atoms with van der Waals surface area (Å²) < 4.78 is 5.39. The Balaban J connectivity index is 1.90. The van der Waals surface area contributed by atoms with Crippen molar-refractivity contribution in [1.29, 1.82) is 0 Å². The van der Waals surface area contributed by atoms with Gasteiger partial charge in [0.15, 0.2) is 4.99 Å². The maximum Gasteiger partial charge on any atom is 0.341 e. The Morgan fingerprint density at radius 1 is 0.960 bits per heavy atom. The van der Waals surface area contributed by atoms with Crippen molar-refractivity contribution >= 4 is 52.3 Å². The highest BCUT2D eigenvalue weighted by atomic mass is 32.2. The quantitative estimate of drug-likeness (QED) is 0.449. The first-order valence-electron chi connectivity index (χ1n) is 7.66. The number of imide groups is 1. The van der Waals surface area contributed by atoms with E-state index in [0.717, 1.165) is 9.80 Å². The molecule has 2 aromatic rings. The van der Waals surface area contributed by atoms with Crippen LogP contribution in [-0.4, -0.2) is 29.8 Å². The number of carbonyl (C=O) groups excluding carboxylic acids is 2. The maximum absolute atomic E-state index is 12.8. The Labute approximate surface area is 155 Å². The average Bonchev–Trinajstić information content (AvgIpc) is 2.85. The van der Waals surface area contributed by atoms with Crippen LogP contribution in [0.3, 0.4) is 0 Å². The van der Waals surface area contributed by atoms with Crippen LogP contribution in [0.25, 0.3) is 0 Å². The standard InChI is InChI=1S/C18H16N2O3S2/c1-3-23-14-8-4-13(5-9-14)20-17(24)16(21)19(18(20)22)12-6-10-15(25-2)11-7-12/h4-11H,3H2,1-2H3. The summed E-state index contributed by atoms with van der Waals surface area (Å²) in [6.45, 7) is 2.45. The highest BCUT2D eigenvalue weighted by molar-refractivity contribution is 7.98. The number of thiocarbonyl (C=S) groups is 1. The number of rotatable bonds is 5. The van der Waals surface area contributed by atoms with Crippen molar-refractivity contribution in [1.82, 2.24) is 0 Å². The van der Waals surface area contributed by atoms with Gasteiger partial charge in [0.25, 0.3) is 5.91 Å². The van der Waals surface area contributed by atoms with Crippen LogP contribution in [0, 0.1) is 0 Å². The molecule has 1 aliphatic rings. The predicted molar refractivity (Wildman–Crippen MR) is 104 cm³/mol. The van der Waals surface area contributed by atoms with Crippen LogP contribution < -0.4 is 14.5 Å². The highest BCUT2D eigenvalue weighted by Crippen LogP contribution is 2.29. The summed E-state index contributed by atoms with van der Waals surface area (Å²) in [5.41, 5.74) is 1.04. The molecule has 0 aromatic heterocycles. The van der Waals surface area contributed by atoms with Crippen LogP contribution >= 0.6 is 24.0 Å². The van der Waals surface area contributed by atoms with Gasteiger partial charge in [0.1, 0.15) is 5.75 Å². The van der Waals surface area contributed by atoms with Crippen molar-refractivity contribution in [2.75, 3.05) is 22.7 Å². The topological polar surface area (TPSA) is 49.9 Å². The number of nitrogens with zero attached hydrogens (tertiary/aromatic N) is 2. The van der Waals surface area contributed by atoms with Crippen molar-refractivity contribution in [3.05, 3.63) is 48.5 Å². The van der Waals surface area contributed by atoms with Gasteiger partial charge >= 0.3 is 6.03 Å². The minimum Gasteiger partial charge on any atom is -0.494 e. The number of hydrogen-bond donors (Lipinski definition) is 0. The molecule has 0 aliphatic carbocycles. The number of carbonyl (C=O) groups is 2. The average molecular weight is 372 g/mol. The molecule has 0 bridgehead atoms. The molecule has 1 aliphatic heterocycles. The molecular formula is C18H16N2O3S2. The monoisotopic (exact) mass is 372 g/mol. The minimum atomic E-state index is -0.495. The van der Waals surface area contributed by atoms with Crippen molar-refractivity contribution < 1.29 is 14.3 Å². The molecule has 7 heteroatoms. The van der Waals surface area contributed by atoms with Gasteiger partial charge in [0.05, 0.1) is 18.0 Å². The normalized spacial score (nSPS) is 14.4. The molecule has 1 heterocycles. The number of benzene rings is 2. The molecule has 128 valence electrons. The van der Waals surface area contributed by atoms with E-state index in [-0.39, 0.29) is 4.99 Å². The molecule has 1 fully saturated rings. The molecule has 3 amide bonds. The molecule has 0 radical (unpaired) electrons.